The van der Waals surface area contributed by atoms with E-state index in [0.29, 0.717) is 0 Å². The van der Waals surface area contributed by atoms with Crippen molar-refractivity contribution < 1.29 is 4.57 Å². The minimum absolute atomic E-state index is 0.842. The molecule has 0 aliphatic rings. The van der Waals surface area contributed by atoms with E-state index in [-0.39, 0.29) is 0 Å². The summed E-state index contributed by atoms with van der Waals surface area (Å²) in [7, 11) is 0. The van der Waals surface area contributed by atoms with E-state index in [9.17, 15) is 0 Å². The largest absolute Gasteiger partial charge is 0.308 e. The van der Waals surface area contributed by atoms with Crippen molar-refractivity contribution in [2.75, 3.05) is 5.75 Å². The quantitative estimate of drug-likeness (QED) is 0.380. The SMILES string of the molecule is N=Cc1cc[n+](CCS)cc1. The molecule has 0 aromatic carbocycles. The second-order valence-corrected chi connectivity index (χ2v) is 2.68. The van der Waals surface area contributed by atoms with Crippen LogP contribution in [-0.4, -0.2) is 12.0 Å². The van der Waals surface area contributed by atoms with Crippen molar-refractivity contribution in [2.24, 2.45) is 0 Å². The Morgan fingerprint density at radius 1 is 1.45 bits per heavy atom. The van der Waals surface area contributed by atoms with Gasteiger partial charge >= 0.3 is 0 Å². The molecule has 0 aliphatic heterocycles. The number of thiol groups is 1. The van der Waals surface area contributed by atoms with Gasteiger partial charge in [0.05, 0.1) is 0 Å². The Bertz CT molecular complexity index is 230. The highest BCUT2D eigenvalue weighted by Crippen LogP contribution is 1.88. The maximum absolute atomic E-state index is 6.97. The van der Waals surface area contributed by atoms with Crippen molar-refractivity contribution in [2.45, 2.75) is 6.54 Å². The van der Waals surface area contributed by atoms with Gasteiger partial charge in [0.15, 0.2) is 18.9 Å². The Hall–Kier alpha value is -0.830. The second-order valence-electron chi connectivity index (χ2n) is 2.24. The van der Waals surface area contributed by atoms with Gasteiger partial charge in [-0.05, 0) is 0 Å². The fourth-order valence-corrected chi connectivity index (χ4v) is 1.06. The van der Waals surface area contributed by atoms with Crippen molar-refractivity contribution in [3.8, 4) is 0 Å². The summed E-state index contributed by atoms with van der Waals surface area (Å²) in [5.74, 6) is 0.842. The molecule has 0 fully saturated rings. The van der Waals surface area contributed by atoms with Crippen LogP contribution in [0.3, 0.4) is 0 Å². The zero-order valence-corrected chi connectivity index (χ0v) is 7.09. The van der Waals surface area contributed by atoms with Gasteiger partial charge in [0, 0.05) is 29.7 Å². The third-order valence-corrected chi connectivity index (χ3v) is 1.64. The molecule has 2 nitrogen and oxygen atoms in total. The van der Waals surface area contributed by atoms with E-state index in [1.54, 1.807) is 0 Å². The van der Waals surface area contributed by atoms with E-state index in [0.717, 1.165) is 17.9 Å². The first-order valence-corrected chi connectivity index (χ1v) is 4.10. The van der Waals surface area contributed by atoms with E-state index in [1.807, 2.05) is 29.1 Å². The van der Waals surface area contributed by atoms with Crippen LogP contribution in [0.25, 0.3) is 0 Å². The molecule has 3 heteroatoms. The zero-order valence-electron chi connectivity index (χ0n) is 6.20. The molecule has 0 bridgehead atoms. The van der Waals surface area contributed by atoms with Crippen LogP contribution >= 0.6 is 12.6 Å². The van der Waals surface area contributed by atoms with Crippen LogP contribution in [0.5, 0.6) is 0 Å². The lowest BCUT2D eigenvalue weighted by atomic mass is 10.3. The van der Waals surface area contributed by atoms with Crippen LogP contribution < -0.4 is 4.57 Å². The third-order valence-electron chi connectivity index (χ3n) is 1.44. The van der Waals surface area contributed by atoms with Gasteiger partial charge in [-0.15, -0.1) is 0 Å². The first-order chi connectivity index (χ1) is 5.36. The molecule has 0 radical (unpaired) electrons. The van der Waals surface area contributed by atoms with Gasteiger partial charge in [0.2, 0.25) is 0 Å². The molecule has 58 valence electrons. The highest BCUT2D eigenvalue weighted by Gasteiger charge is 1.95. The average molecular weight is 167 g/mol. The lowest BCUT2D eigenvalue weighted by molar-refractivity contribution is -0.692. The van der Waals surface area contributed by atoms with Gasteiger partial charge < -0.3 is 5.41 Å². The molecule has 0 spiro atoms. The Balaban J connectivity index is 2.74. The van der Waals surface area contributed by atoms with Gasteiger partial charge in [0.25, 0.3) is 0 Å². The minimum atomic E-state index is 0.842. The van der Waals surface area contributed by atoms with E-state index >= 15 is 0 Å². The molecule has 1 aromatic heterocycles. The fourth-order valence-electron chi connectivity index (χ4n) is 0.830. The summed E-state index contributed by atoms with van der Waals surface area (Å²) < 4.78 is 2.04. The molecule has 0 saturated carbocycles. The van der Waals surface area contributed by atoms with Crippen molar-refractivity contribution in [3.05, 3.63) is 30.1 Å². The van der Waals surface area contributed by atoms with Gasteiger partial charge in [-0.1, -0.05) is 0 Å². The number of hydrogen-bond acceptors (Lipinski definition) is 2. The molecule has 0 atom stereocenters. The van der Waals surface area contributed by atoms with E-state index in [1.165, 1.54) is 6.21 Å². The first kappa shape index (κ1) is 8.27. The Morgan fingerprint density at radius 2 is 2.09 bits per heavy atom. The van der Waals surface area contributed by atoms with Crippen molar-refractivity contribution in [3.63, 3.8) is 0 Å². The van der Waals surface area contributed by atoms with E-state index < -0.39 is 0 Å². The number of hydrogen-bond donors (Lipinski definition) is 2. The second kappa shape index (κ2) is 4.13. The van der Waals surface area contributed by atoms with Gasteiger partial charge in [0.1, 0.15) is 0 Å². The minimum Gasteiger partial charge on any atom is -0.308 e. The third kappa shape index (κ3) is 2.35. The van der Waals surface area contributed by atoms with Crippen LogP contribution in [0.15, 0.2) is 24.5 Å². The highest BCUT2D eigenvalue weighted by molar-refractivity contribution is 7.80. The number of nitrogens with one attached hydrogen (secondary N) is 1. The van der Waals surface area contributed by atoms with Crippen molar-refractivity contribution in [1.82, 2.24) is 0 Å². The number of rotatable bonds is 3. The number of aryl methyl sites for hydroxylation is 1. The van der Waals surface area contributed by atoms with Gasteiger partial charge in [-0.25, -0.2) is 4.57 Å². The topological polar surface area (TPSA) is 27.7 Å². The summed E-state index contributed by atoms with van der Waals surface area (Å²) in [4.78, 5) is 0. The summed E-state index contributed by atoms with van der Waals surface area (Å²) in [6.07, 6.45) is 5.25. The van der Waals surface area contributed by atoms with Crippen LogP contribution in [0.4, 0.5) is 0 Å². The smallest absolute Gasteiger partial charge is 0.169 e. The number of nitrogens with zero attached hydrogens (tertiary/aromatic N) is 1. The normalized spacial score (nSPS) is 9.55. The summed E-state index contributed by atoms with van der Waals surface area (Å²) in [5.41, 5.74) is 0.931. The molecular formula is C8H11N2S+. The van der Waals surface area contributed by atoms with Crippen LogP contribution in [0.1, 0.15) is 5.56 Å². The molecule has 0 amide bonds. The van der Waals surface area contributed by atoms with E-state index in [4.69, 9.17) is 5.41 Å². The molecular weight excluding hydrogens is 156 g/mol. The maximum atomic E-state index is 6.97. The fraction of sp³-hybridized carbons (Fsp3) is 0.250. The standard InChI is InChI=1S/C8H10N2S/c9-7-8-1-3-10(4-2-8)5-6-11/h1-4,7,9H,5-6H2/p+1. The molecule has 1 aromatic rings. The molecule has 0 aliphatic carbocycles. The summed E-state index contributed by atoms with van der Waals surface area (Å²) >= 11 is 4.12. The average Bonchev–Trinajstić information content (AvgIpc) is 2.07. The predicted molar refractivity (Wildman–Crippen MR) is 48.4 cm³/mol. The monoisotopic (exact) mass is 167 g/mol. The summed E-state index contributed by atoms with van der Waals surface area (Å²) in [5, 5.41) is 6.97. The molecule has 1 heterocycles. The van der Waals surface area contributed by atoms with E-state index in [2.05, 4.69) is 12.6 Å². The Labute approximate surface area is 71.8 Å². The van der Waals surface area contributed by atoms with Crippen LogP contribution in [0.2, 0.25) is 0 Å². The maximum Gasteiger partial charge on any atom is 0.169 e. The molecule has 1 N–H and O–H groups in total. The van der Waals surface area contributed by atoms with Crippen molar-refractivity contribution >= 4 is 18.8 Å². The summed E-state index contributed by atoms with van der Waals surface area (Å²) in [6, 6.07) is 3.83. The van der Waals surface area contributed by atoms with Gasteiger partial charge in [-0.2, -0.15) is 12.6 Å². The zero-order chi connectivity index (χ0) is 8.10. The molecule has 0 saturated heterocycles. The van der Waals surface area contributed by atoms with Crippen LogP contribution in [0, 0.1) is 5.41 Å². The van der Waals surface area contributed by atoms with Crippen molar-refractivity contribution in [1.29, 1.82) is 5.41 Å². The Morgan fingerprint density at radius 3 is 2.55 bits per heavy atom. The lowest BCUT2D eigenvalue weighted by Crippen LogP contribution is -2.33. The van der Waals surface area contributed by atoms with Gasteiger partial charge in [-0.3, -0.25) is 0 Å². The predicted octanol–water partition coefficient (Wildman–Crippen LogP) is 0.902. The highest BCUT2D eigenvalue weighted by atomic mass is 32.1. The molecule has 0 unspecified atom stereocenters. The molecule has 1 rings (SSSR count). The lowest BCUT2D eigenvalue weighted by Gasteiger charge is -1.92. The number of aromatic nitrogens is 1. The number of pyridine rings is 1. The summed E-state index contributed by atoms with van der Waals surface area (Å²) in [6.45, 7) is 0.918. The molecule has 11 heavy (non-hydrogen) atoms. The Kier molecular flexibility index (Phi) is 3.11. The first-order valence-electron chi connectivity index (χ1n) is 3.47. The van der Waals surface area contributed by atoms with Crippen LogP contribution in [-0.2, 0) is 6.54 Å².